The van der Waals surface area contributed by atoms with E-state index in [-0.39, 0.29) is 24.2 Å². The predicted molar refractivity (Wildman–Crippen MR) is 97.8 cm³/mol. The quantitative estimate of drug-likeness (QED) is 0.660. The van der Waals surface area contributed by atoms with Gasteiger partial charge < -0.3 is 15.4 Å². The zero-order valence-electron chi connectivity index (χ0n) is 14.5. The first-order chi connectivity index (χ1) is 13.2. The zero-order chi connectivity index (χ0) is 18.8. The van der Waals surface area contributed by atoms with Crippen LogP contribution >= 0.6 is 0 Å². The van der Waals surface area contributed by atoms with Gasteiger partial charge in [0.25, 0.3) is 5.91 Å². The second kappa shape index (κ2) is 6.91. The number of H-pyrrole nitrogens is 1. The van der Waals surface area contributed by atoms with Crippen LogP contribution in [0.25, 0.3) is 0 Å². The summed E-state index contributed by atoms with van der Waals surface area (Å²) in [6, 6.07) is 12.9. The van der Waals surface area contributed by atoms with E-state index >= 15 is 0 Å². The molecule has 4 rings (SSSR count). The van der Waals surface area contributed by atoms with Crippen molar-refractivity contribution in [2.75, 3.05) is 12.4 Å². The molecule has 0 radical (unpaired) electrons. The number of anilines is 1. The molecule has 0 aliphatic carbocycles. The van der Waals surface area contributed by atoms with Crippen LogP contribution in [-0.2, 0) is 4.79 Å². The number of carbonyl (C=O) groups excluding carboxylic acids is 2. The third-order valence-electron chi connectivity index (χ3n) is 4.38. The van der Waals surface area contributed by atoms with Crippen molar-refractivity contribution in [3.05, 3.63) is 65.5 Å². The maximum Gasteiger partial charge on any atom is 0.269 e. The van der Waals surface area contributed by atoms with Crippen molar-refractivity contribution in [1.82, 2.24) is 20.5 Å². The molecule has 136 valence electrons. The van der Waals surface area contributed by atoms with E-state index in [0.717, 1.165) is 5.56 Å². The molecule has 0 fully saturated rings. The van der Waals surface area contributed by atoms with Gasteiger partial charge in [-0.15, -0.1) is 0 Å². The average molecular weight is 363 g/mol. The molecule has 8 heteroatoms. The highest BCUT2D eigenvalue weighted by molar-refractivity contribution is 6.00. The van der Waals surface area contributed by atoms with E-state index in [4.69, 9.17) is 4.74 Å². The largest absolute Gasteiger partial charge is 0.439 e. The van der Waals surface area contributed by atoms with Crippen molar-refractivity contribution in [1.29, 1.82) is 0 Å². The minimum atomic E-state index is -0.321. The van der Waals surface area contributed by atoms with Crippen LogP contribution in [0.1, 0.15) is 34.0 Å². The fourth-order valence-electron chi connectivity index (χ4n) is 3.11. The first-order valence-electron chi connectivity index (χ1n) is 8.44. The summed E-state index contributed by atoms with van der Waals surface area (Å²) < 4.78 is 5.70. The molecule has 2 amide bonds. The molecule has 2 aromatic heterocycles. The number of benzene rings is 1. The summed E-state index contributed by atoms with van der Waals surface area (Å²) in [7, 11) is 1.54. The van der Waals surface area contributed by atoms with E-state index in [9.17, 15) is 9.59 Å². The number of carbonyl (C=O) groups is 2. The molecule has 27 heavy (non-hydrogen) atoms. The van der Waals surface area contributed by atoms with Crippen LogP contribution in [0.2, 0.25) is 0 Å². The van der Waals surface area contributed by atoms with Gasteiger partial charge in [0.2, 0.25) is 11.8 Å². The average Bonchev–Trinajstić information content (AvgIpc) is 3.12. The second-order valence-corrected chi connectivity index (χ2v) is 6.09. The molecule has 1 aliphatic heterocycles. The van der Waals surface area contributed by atoms with Gasteiger partial charge in [-0.05, 0) is 17.7 Å². The van der Waals surface area contributed by atoms with Crippen molar-refractivity contribution in [2.24, 2.45) is 0 Å². The lowest BCUT2D eigenvalue weighted by Gasteiger charge is -2.23. The molecule has 1 atom stereocenters. The Labute approximate surface area is 155 Å². The van der Waals surface area contributed by atoms with E-state index in [2.05, 4.69) is 25.8 Å². The number of nitrogens with zero attached hydrogens (tertiary/aromatic N) is 2. The number of aromatic nitrogens is 3. The maximum atomic E-state index is 12.1. The van der Waals surface area contributed by atoms with Crippen LogP contribution in [0, 0.1) is 0 Å². The molecule has 3 aromatic rings. The molecule has 3 heterocycles. The Morgan fingerprint density at radius 2 is 2.04 bits per heavy atom. The molecular weight excluding hydrogens is 346 g/mol. The Balaban J connectivity index is 1.65. The van der Waals surface area contributed by atoms with Gasteiger partial charge in [-0.25, -0.2) is 4.98 Å². The van der Waals surface area contributed by atoms with Crippen LogP contribution in [0.4, 0.5) is 5.82 Å². The smallest absolute Gasteiger partial charge is 0.269 e. The zero-order valence-corrected chi connectivity index (χ0v) is 14.5. The van der Waals surface area contributed by atoms with Crippen LogP contribution in [0.5, 0.6) is 11.6 Å². The van der Waals surface area contributed by atoms with E-state index in [1.54, 1.807) is 19.3 Å². The molecule has 1 aliphatic rings. The maximum absolute atomic E-state index is 12.1. The summed E-state index contributed by atoms with van der Waals surface area (Å²) in [5.41, 5.74) is 1.80. The van der Waals surface area contributed by atoms with Crippen molar-refractivity contribution in [3.63, 3.8) is 0 Å². The van der Waals surface area contributed by atoms with Crippen molar-refractivity contribution < 1.29 is 14.3 Å². The highest BCUT2D eigenvalue weighted by Gasteiger charge is 2.33. The van der Waals surface area contributed by atoms with Crippen molar-refractivity contribution in [2.45, 2.75) is 12.3 Å². The Morgan fingerprint density at radius 3 is 2.74 bits per heavy atom. The Bertz CT molecular complexity index is 982. The minimum absolute atomic E-state index is 0.160. The second-order valence-electron chi connectivity index (χ2n) is 6.09. The number of aromatic amines is 1. The standard InChI is InChI=1S/C19H17N5O3/c1-20-19(26)17-16-13(9-14(25)22-18(16)24-23-17)11-7-8-15(21-10-11)27-12-5-3-2-4-6-12/h2-8,10,13H,9H2,1H3,(H,20,26)(H2,22,23,24,25)/t13-/m1/s1. The van der Waals surface area contributed by atoms with E-state index in [1.807, 2.05) is 36.4 Å². The number of nitrogens with one attached hydrogen (secondary N) is 3. The van der Waals surface area contributed by atoms with Gasteiger partial charge in [0, 0.05) is 37.2 Å². The van der Waals surface area contributed by atoms with E-state index in [1.165, 1.54) is 0 Å². The predicted octanol–water partition coefficient (Wildman–Crippen LogP) is 2.43. The lowest BCUT2D eigenvalue weighted by molar-refractivity contribution is -0.116. The molecule has 0 unspecified atom stereocenters. The number of fused-ring (bicyclic) bond motifs is 1. The molecule has 0 spiro atoms. The van der Waals surface area contributed by atoms with Gasteiger partial charge in [-0.1, -0.05) is 24.3 Å². The first-order valence-corrected chi connectivity index (χ1v) is 8.44. The number of ether oxygens (including phenoxy) is 1. The normalized spacial score (nSPS) is 15.6. The van der Waals surface area contributed by atoms with Crippen molar-refractivity contribution >= 4 is 17.6 Å². The fraction of sp³-hybridized carbons (Fsp3) is 0.158. The van der Waals surface area contributed by atoms with Crippen LogP contribution in [0.3, 0.4) is 0 Å². The van der Waals surface area contributed by atoms with Crippen LogP contribution in [0.15, 0.2) is 48.7 Å². The fourth-order valence-corrected chi connectivity index (χ4v) is 3.11. The summed E-state index contributed by atoms with van der Waals surface area (Å²) >= 11 is 0. The number of pyridine rings is 1. The van der Waals surface area contributed by atoms with Crippen LogP contribution in [-0.4, -0.2) is 34.0 Å². The molecule has 0 saturated heterocycles. The van der Waals surface area contributed by atoms with E-state index < -0.39 is 0 Å². The summed E-state index contributed by atoms with van der Waals surface area (Å²) in [6.45, 7) is 0. The third kappa shape index (κ3) is 3.24. The summed E-state index contributed by atoms with van der Waals surface area (Å²) in [5, 5.41) is 12.0. The van der Waals surface area contributed by atoms with E-state index in [0.29, 0.717) is 28.7 Å². The highest BCUT2D eigenvalue weighted by atomic mass is 16.5. The number of para-hydroxylation sites is 1. The molecule has 3 N–H and O–H groups in total. The topological polar surface area (TPSA) is 109 Å². The number of rotatable bonds is 4. The number of hydrogen-bond acceptors (Lipinski definition) is 5. The molecule has 8 nitrogen and oxygen atoms in total. The Kier molecular flexibility index (Phi) is 4.29. The van der Waals surface area contributed by atoms with Gasteiger partial charge in [0.05, 0.1) is 0 Å². The summed E-state index contributed by atoms with van der Waals surface area (Å²) in [5.74, 6) is 0.740. The SMILES string of the molecule is CNC(=O)c1[nH]nc2c1[C@@H](c1ccc(Oc3ccccc3)nc1)CC(=O)N2. The molecule has 0 bridgehead atoms. The monoisotopic (exact) mass is 363 g/mol. The van der Waals surface area contributed by atoms with Crippen LogP contribution < -0.4 is 15.4 Å². The lowest BCUT2D eigenvalue weighted by Crippen LogP contribution is -2.26. The van der Waals surface area contributed by atoms with Gasteiger partial charge in [-0.3, -0.25) is 14.7 Å². The Morgan fingerprint density at radius 1 is 1.22 bits per heavy atom. The highest BCUT2D eigenvalue weighted by Crippen LogP contribution is 2.38. The minimum Gasteiger partial charge on any atom is -0.439 e. The molecule has 0 saturated carbocycles. The van der Waals surface area contributed by atoms with Gasteiger partial charge >= 0.3 is 0 Å². The van der Waals surface area contributed by atoms with Crippen molar-refractivity contribution in [3.8, 4) is 11.6 Å². The van der Waals surface area contributed by atoms with Gasteiger partial charge in [0.15, 0.2) is 5.82 Å². The lowest BCUT2D eigenvalue weighted by atomic mass is 9.86. The first kappa shape index (κ1) is 16.8. The summed E-state index contributed by atoms with van der Waals surface area (Å²) in [4.78, 5) is 28.5. The van der Waals surface area contributed by atoms with Gasteiger partial charge in [0.1, 0.15) is 11.4 Å². The molecular formula is C19H17N5O3. The summed E-state index contributed by atoms with van der Waals surface area (Å²) in [6.07, 6.45) is 1.86. The van der Waals surface area contributed by atoms with Gasteiger partial charge in [-0.2, -0.15) is 5.10 Å². The third-order valence-corrected chi connectivity index (χ3v) is 4.38. The number of hydrogen-bond donors (Lipinski definition) is 3. The molecule has 1 aromatic carbocycles. The Hall–Kier alpha value is -3.68. The number of amides is 2.